The highest BCUT2D eigenvalue weighted by atomic mass is 79.9. The number of anilines is 1. The molecule has 0 spiro atoms. The third kappa shape index (κ3) is 2.57. The fourth-order valence-corrected chi connectivity index (χ4v) is 2.78. The largest absolute Gasteiger partial charge is 0.313 e. The van der Waals surface area contributed by atoms with Gasteiger partial charge in [0.1, 0.15) is 6.54 Å². The van der Waals surface area contributed by atoms with Crippen molar-refractivity contribution in [2.75, 3.05) is 11.0 Å². The van der Waals surface area contributed by atoms with Gasteiger partial charge in [0.15, 0.2) is 5.82 Å². The number of nitrogens with zero attached hydrogens (tertiary/aromatic N) is 2. The van der Waals surface area contributed by atoms with Crippen LogP contribution in [-0.2, 0) is 6.54 Å². The second-order valence-electron chi connectivity index (χ2n) is 3.48. The van der Waals surface area contributed by atoms with E-state index in [9.17, 15) is 8.78 Å². The number of alkyl halides is 2. The van der Waals surface area contributed by atoms with Gasteiger partial charge >= 0.3 is 0 Å². The van der Waals surface area contributed by atoms with E-state index in [1.54, 1.807) is 12.1 Å². The van der Waals surface area contributed by atoms with Gasteiger partial charge in [-0.2, -0.15) is 5.10 Å². The Bertz CT molecular complexity index is 576. The Balaban J connectivity index is 2.68. The topological polar surface area (TPSA) is 29.9 Å². The van der Waals surface area contributed by atoms with Crippen molar-refractivity contribution in [1.82, 2.24) is 9.78 Å². The van der Waals surface area contributed by atoms with E-state index in [1.165, 1.54) is 16.6 Å². The average Bonchev–Trinajstić information content (AvgIpc) is 2.63. The van der Waals surface area contributed by atoms with Crippen LogP contribution in [0.3, 0.4) is 0 Å². The Morgan fingerprint density at radius 1 is 1.56 bits per heavy atom. The lowest BCUT2D eigenvalue weighted by atomic mass is 10.2. The average molecular weight is 357 g/mol. The Morgan fingerprint density at radius 3 is 2.89 bits per heavy atom. The third-order valence-electron chi connectivity index (χ3n) is 2.30. The molecule has 1 N–H and O–H groups in total. The molecule has 18 heavy (non-hydrogen) atoms. The molecule has 0 radical (unpaired) electrons. The molecule has 0 saturated carbocycles. The molecule has 0 aliphatic rings. The van der Waals surface area contributed by atoms with E-state index in [0.29, 0.717) is 26.2 Å². The summed E-state index contributed by atoms with van der Waals surface area (Å²) in [7, 11) is 0. The molecule has 1 aromatic carbocycles. The van der Waals surface area contributed by atoms with Gasteiger partial charge in [-0.3, -0.25) is 4.68 Å². The number of fused-ring (bicyclic) bond motifs is 1. The van der Waals surface area contributed by atoms with E-state index < -0.39 is 13.0 Å². The fourth-order valence-electron chi connectivity index (χ4n) is 1.67. The standard InChI is InChI=1S/C10H9BrClF2N3S/c1-18-16-10-8-6(12)3-2-5(11)9(8)17(15-10)4-7(13)14/h2-3,7H,4H2,1H3,(H,15,16). The van der Waals surface area contributed by atoms with Gasteiger partial charge in [-0.05, 0) is 28.1 Å². The maximum Gasteiger partial charge on any atom is 0.257 e. The van der Waals surface area contributed by atoms with Crippen molar-refractivity contribution >= 4 is 56.2 Å². The zero-order valence-corrected chi connectivity index (χ0v) is 12.4. The molecule has 2 aromatic rings. The molecule has 0 aliphatic heterocycles. The molecule has 0 fully saturated rings. The summed E-state index contributed by atoms with van der Waals surface area (Å²) in [5.41, 5.74) is 0.569. The maximum atomic E-state index is 12.5. The first kappa shape index (κ1) is 13.9. The second-order valence-corrected chi connectivity index (χ2v) is 5.35. The minimum atomic E-state index is -2.47. The summed E-state index contributed by atoms with van der Waals surface area (Å²) in [5, 5.41) is 5.25. The molecule has 0 aliphatic carbocycles. The molecule has 0 bridgehead atoms. The summed E-state index contributed by atoms with van der Waals surface area (Å²) in [4.78, 5) is 0. The molecule has 98 valence electrons. The van der Waals surface area contributed by atoms with Crippen molar-refractivity contribution in [1.29, 1.82) is 0 Å². The Morgan fingerprint density at radius 2 is 2.28 bits per heavy atom. The van der Waals surface area contributed by atoms with Gasteiger partial charge in [-0.25, -0.2) is 8.78 Å². The first-order valence-corrected chi connectivity index (χ1v) is 7.35. The van der Waals surface area contributed by atoms with Crippen LogP contribution in [0.5, 0.6) is 0 Å². The molecule has 1 aromatic heterocycles. The molecule has 1 heterocycles. The number of nitrogens with one attached hydrogen (secondary N) is 1. The number of aromatic nitrogens is 2. The normalized spacial score (nSPS) is 11.4. The van der Waals surface area contributed by atoms with Gasteiger partial charge < -0.3 is 4.72 Å². The summed E-state index contributed by atoms with van der Waals surface area (Å²) in [6, 6.07) is 3.42. The van der Waals surface area contributed by atoms with Crippen LogP contribution in [-0.4, -0.2) is 22.5 Å². The summed E-state index contributed by atoms with van der Waals surface area (Å²) in [6.07, 6.45) is -0.648. The number of benzene rings is 1. The summed E-state index contributed by atoms with van der Waals surface area (Å²) in [5.74, 6) is 0.490. The number of halogens is 4. The van der Waals surface area contributed by atoms with Crippen LogP contribution in [0.2, 0.25) is 5.02 Å². The van der Waals surface area contributed by atoms with E-state index in [4.69, 9.17) is 11.6 Å². The first-order chi connectivity index (χ1) is 8.54. The zero-order chi connectivity index (χ0) is 13.3. The summed E-state index contributed by atoms with van der Waals surface area (Å²) >= 11 is 10.8. The SMILES string of the molecule is CSNc1nn(CC(F)F)c2c(Br)ccc(Cl)c12. The van der Waals surface area contributed by atoms with Crippen LogP contribution in [0, 0.1) is 0 Å². The smallest absolute Gasteiger partial charge is 0.257 e. The van der Waals surface area contributed by atoms with Crippen LogP contribution >= 0.6 is 39.5 Å². The van der Waals surface area contributed by atoms with Gasteiger partial charge in [-0.1, -0.05) is 23.5 Å². The molecule has 3 nitrogen and oxygen atoms in total. The highest BCUT2D eigenvalue weighted by Crippen LogP contribution is 2.36. The minimum Gasteiger partial charge on any atom is -0.313 e. The van der Waals surface area contributed by atoms with E-state index in [-0.39, 0.29) is 0 Å². The monoisotopic (exact) mass is 355 g/mol. The zero-order valence-electron chi connectivity index (χ0n) is 9.25. The van der Waals surface area contributed by atoms with Gasteiger partial charge in [0.2, 0.25) is 0 Å². The molecule has 0 atom stereocenters. The third-order valence-corrected chi connectivity index (χ3v) is 3.66. The van der Waals surface area contributed by atoms with E-state index in [1.807, 2.05) is 6.26 Å². The van der Waals surface area contributed by atoms with Crippen LogP contribution in [0.1, 0.15) is 0 Å². The molecule has 0 unspecified atom stereocenters. The predicted octanol–water partition coefficient (Wildman–Crippen LogP) is 4.41. The van der Waals surface area contributed by atoms with Gasteiger partial charge in [0.25, 0.3) is 6.43 Å². The number of rotatable bonds is 4. The quantitative estimate of drug-likeness (QED) is 0.823. The van der Waals surface area contributed by atoms with E-state index in [2.05, 4.69) is 25.8 Å². The second kappa shape index (κ2) is 5.63. The lowest BCUT2D eigenvalue weighted by Gasteiger charge is -2.04. The van der Waals surface area contributed by atoms with Gasteiger partial charge in [0, 0.05) is 10.7 Å². The van der Waals surface area contributed by atoms with Crippen LogP contribution in [0.25, 0.3) is 10.9 Å². The maximum absolute atomic E-state index is 12.5. The molecule has 2 rings (SSSR count). The highest BCUT2D eigenvalue weighted by Gasteiger charge is 2.18. The van der Waals surface area contributed by atoms with Crippen LogP contribution < -0.4 is 4.72 Å². The van der Waals surface area contributed by atoms with E-state index in [0.717, 1.165) is 0 Å². The Labute approximate surface area is 120 Å². The lowest BCUT2D eigenvalue weighted by Crippen LogP contribution is -2.08. The molecule has 0 saturated heterocycles. The molecular formula is C10H9BrClF2N3S. The van der Waals surface area contributed by atoms with Crippen molar-refractivity contribution in [2.45, 2.75) is 13.0 Å². The summed E-state index contributed by atoms with van der Waals surface area (Å²) in [6.45, 7) is -0.467. The first-order valence-electron chi connectivity index (χ1n) is 4.96. The van der Waals surface area contributed by atoms with Crippen molar-refractivity contribution in [3.8, 4) is 0 Å². The van der Waals surface area contributed by atoms with Crippen LogP contribution in [0.15, 0.2) is 16.6 Å². The highest BCUT2D eigenvalue weighted by molar-refractivity contribution is 9.10. The van der Waals surface area contributed by atoms with Crippen molar-refractivity contribution in [3.05, 3.63) is 21.6 Å². The Hall–Kier alpha value is -0.530. The predicted molar refractivity (Wildman–Crippen MR) is 75.6 cm³/mol. The Kier molecular flexibility index (Phi) is 4.34. The lowest BCUT2D eigenvalue weighted by molar-refractivity contribution is 0.123. The summed E-state index contributed by atoms with van der Waals surface area (Å²) < 4.78 is 30.0. The molecule has 0 amide bonds. The van der Waals surface area contributed by atoms with Gasteiger partial charge in [-0.15, -0.1) is 0 Å². The minimum absolute atomic E-state index is 0.467. The molecular weight excluding hydrogens is 348 g/mol. The van der Waals surface area contributed by atoms with Crippen LogP contribution in [0.4, 0.5) is 14.6 Å². The van der Waals surface area contributed by atoms with Crippen molar-refractivity contribution in [3.63, 3.8) is 0 Å². The number of hydrogen-bond donors (Lipinski definition) is 1. The number of hydrogen-bond acceptors (Lipinski definition) is 3. The van der Waals surface area contributed by atoms with Crippen molar-refractivity contribution < 1.29 is 8.78 Å². The van der Waals surface area contributed by atoms with E-state index >= 15 is 0 Å². The van der Waals surface area contributed by atoms with Gasteiger partial charge in [0.05, 0.1) is 15.9 Å². The van der Waals surface area contributed by atoms with Crippen molar-refractivity contribution in [2.24, 2.45) is 0 Å². The fraction of sp³-hybridized carbons (Fsp3) is 0.300. The molecule has 8 heteroatoms.